The number of para-hydroxylation sites is 2. The summed E-state index contributed by atoms with van der Waals surface area (Å²) in [4.78, 5) is 2.49. The van der Waals surface area contributed by atoms with Gasteiger partial charge in [0.15, 0.2) is 0 Å². The summed E-state index contributed by atoms with van der Waals surface area (Å²) >= 11 is 0. The van der Waals surface area contributed by atoms with E-state index < -0.39 is 10.8 Å². The lowest BCUT2D eigenvalue weighted by Crippen LogP contribution is -2.28. The van der Waals surface area contributed by atoms with Crippen LogP contribution in [0.4, 0.5) is 17.1 Å². The van der Waals surface area contributed by atoms with Crippen LogP contribution in [0.2, 0.25) is 0 Å². The second kappa shape index (κ2) is 17.4. The van der Waals surface area contributed by atoms with Gasteiger partial charge in [-0.1, -0.05) is 255 Å². The van der Waals surface area contributed by atoms with E-state index in [-0.39, 0.29) is 0 Å². The van der Waals surface area contributed by atoms with Crippen LogP contribution < -0.4 is 4.90 Å². The molecule has 1 spiro atoms. The number of benzene rings is 13. The third-order valence-corrected chi connectivity index (χ3v) is 18.6. The Kier molecular flexibility index (Phi) is 9.64. The number of fused-ring (bicyclic) bond motifs is 19. The van der Waals surface area contributed by atoms with E-state index in [1.54, 1.807) is 0 Å². The van der Waals surface area contributed by atoms with Crippen molar-refractivity contribution >= 4 is 60.9 Å². The molecule has 18 rings (SSSR count). The maximum atomic E-state index is 7.62. The normalized spacial score (nSPS) is 13.7. The minimum atomic E-state index is -0.610. The zero-order valence-electron chi connectivity index (χ0n) is 45.1. The minimum Gasteiger partial charge on any atom is -0.456 e. The van der Waals surface area contributed by atoms with Crippen LogP contribution in [0.5, 0.6) is 0 Å². The van der Waals surface area contributed by atoms with Crippen molar-refractivity contribution in [3.63, 3.8) is 0 Å². The molecule has 3 heteroatoms. The van der Waals surface area contributed by atoms with Gasteiger partial charge in [0.2, 0.25) is 0 Å². The summed E-state index contributed by atoms with van der Waals surface area (Å²) in [5.74, 6) is 0. The SMILES string of the molecule is c1ccc(-c2ccccc2N(c2ccc3c(c2)C(c2ccccc2)(c2ccccc2)c2ccccc2-3)c2cccc3oc4c(-c5cccc6c5-c5ccccc5C65c6ccccc6-c6ccccc65)c5c(cc4c23)oc2ccccc25)cc1. The Hall–Kier alpha value is -10.7. The number of hydrogen-bond donors (Lipinski definition) is 0. The fraction of sp³-hybridized carbons (Fsp3) is 0.0250. The Morgan fingerprint density at radius 1 is 0.265 bits per heavy atom. The molecule has 0 saturated heterocycles. The summed E-state index contributed by atoms with van der Waals surface area (Å²) in [7, 11) is 0. The summed E-state index contributed by atoms with van der Waals surface area (Å²) in [5.41, 5.74) is 27.2. The Bertz CT molecular complexity index is 5080. The maximum absolute atomic E-state index is 7.62. The lowest BCUT2D eigenvalue weighted by Gasteiger charge is -2.35. The summed E-state index contributed by atoms with van der Waals surface area (Å²) in [6.45, 7) is 0. The van der Waals surface area contributed by atoms with Gasteiger partial charge >= 0.3 is 0 Å². The summed E-state index contributed by atoms with van der Waals surface area (Å²) in [6.07, 6.45) is 0. The van der Waals surface area contributed by atoms with Gasteiger partial charge in [-0.25, -0.2) is 0 Å². The highest BCUT2D eigenvalue weighted by molar-refractivity contribution is 6.27. The van der Waals surface area contributed by atoms with Gasteiger partial charge in [-0.05, 0) is 131 Å². The number of anilines is 3. The van der Waals surface area contributed by atoms with E-state index in [0.717, 1.165) is 83.2 Å². The van der Waals surface area contributed by atoms with Crippen LogP contribution >= 0.6 is 0 Å². The second-order valence-electron chi connectivity index (χ2n) is 22.4. The Labute approximate surface area is 480 Å². The predicted octanol–water partition coefficient (Wildman–Crippen LogP) is 21.0. The van der Waals surface area contributed by atoms with Crippen LogP contribution in [0.1, 0.15) is 44.5 Å². The molecule has 0 amide bonds. The second-order valence-corrected chi connectivity index (χ2v) is 22.4. The molecule has 0 radical (unpaired) electrons. The molecule has 0 saturated carbocycles. The Morgan fingerprint density at radius 3 is 1.45 bits per heavy atom. The fourth-order valence-electron chi connectivity index (χ4n) is 15.5. The van der Waals surface area contributed by atoms with E-state index in [4.69, 9.17) is 8.83 Å². The minimum absolute atomic E-state index is 0.524. The number of furan rings is 2. The van der Waals surface area contributed by atoms with Crippen LogP contribution in [0, 0.1) is 0 Å². The zero-order valence-corrected chi connectivity index (χ0v) is 45.1. The van der Waals surface area contributed by atoms with Crippen molar-refractivity contribution in [3.05, 3.63) is 342 Å². The van der Waals surface area contributed by atoms with E-state index in [0.29, 0.717) is 0 Å². The van der Waals surface area contributed by atoms with Gasteiger partial charge in [0.25, 0.3) is 0 Å². The first-order chi connectivity index (χ1) is 41.2. The largest absolute Gasteiger partial charge is 0.456 e. The van der Waals surface area contributed by atoms with Crippen molar-refractivity contribution in [2.75, 3.05) is 4.90 Å². The zero-order chi connectivity index (χ0) is 54.4. The maximum Gasteiger partial charge on any atom is 0.144 e. The van der Waals surface area contributed by atoms with Crippen molar-refractivity contribution in [1.29, 1.82) is 0 Å². The molecular weight excluding hydrogens is 1010 g/mol. The van der Waals surface area contributed by atoms with Crippen LogP contribution in [-0.4, -0.2) is 0 Å². The van der Waals surface area contributed by atoms with Gasteiger partial charge < -0.3 is 13.7 Å². The molecule has 3 nitrogen and oxygen atoms in total. The molecule has 83 heavy (non-hydrogen) atoms. The van der Waals surface area contributed by atoms with Gasteiger partial charge in [0.1, 0.15) is 22.3 Å². The third kappa shape index (κ3) is 6.12. The highest BCUT2D eigenvalue weighted by Gasteiger charge is 2.52. The highest BCUT2D eigenvalue weighted by atomic mass is 16.3. The predicted molar refractivity (Wildman–Crippen MR) is 340 cm³/mol. The quantitative estimate of drug-likeness (QED) is 0.159. The molecule has 0 fully saturated rings. The van der Waals surface area contributed by atoms with Crippen molar-refractivity contribution in [1.82, 2.24) is 0 Å². The molecule has 0 bridgehead atoms. The average molecular weight is 1060 g/mol. The van der Waals surface area contributed by atoms with E-state index in [2.05, 4.69) is 302 Å². The van der Waals surface area contributed by atoms with Gasteiger partial charge in [-0.3, -0.25) is 0 Å². The van der Waals surface area contributed by atoms with Crippen LogP contribution in [0.25, 0.3) is 99.5 Å². The molecule has 3 aliphatic rings. The fourth-order valence-corrected chi connectivity index (χ4v) is 15.5. The molecule has 0 atom stereocenters. The van der Waals surface area contributed by atoms with Crippen molar-refractivity contribution in [3.8, 4) is 55.6 Å². The summed E-state index contributed by atoms with van der Waals surface area (Å²) in [6, 6.07) is 109. The van der Waals surface area contributed by atoms with Crippen molar-refractivity contribution in [2.45, 2.75) is 10.8 Å². The standard InChI is InChI=1S/C80H49NO2/c1-4-24-50(25-5-1)54-30-14-20-42-69(54)81(53-46-47-58-57-33-10-16-37-63(57)79(68(58)48-53,51-26-6-2-7-27-51)52-28-8-3-9-29-52)70-43-23-45-72-75(70)62-49-73-76(60-35-15-21-44-71(60)82-73)77(78(62)83-72)61-36-22-41-67-74(61)59-34-13-19-40-66(59)80(67)64-38-17-11-31-55(64)56-32-12-18-39-65(56)80/h1-49H. The van der Waals surface area contributed by atoms with E-state index in [1.165, 1.54) is 77.9 Å². The molecule has 0 N–H and O–H groups in total. The summed E-state index contributed by atoms with van der Waals surface area (Å²) in [5, 5.41) is 4.06. The molecule has 386 valence electrons. The Balaban J connectivity index is 0.947. The van der Waals surface area contributed by atoms with E-state index in [9.17, 15) is 0 Å². The number of rotatable bonds is 7. The molecule has 2 aromatic heterocycles. The van der Waals surface area contributed by atoms with E-state index >= 15 is 0 Å². The third-order valence-electron chi connectivity index (χ3n) is 18.6. The molecule has 15 aromatic rings. The first-order valence-electron chi connectivity index (χ1n) is 28.7. The lowest BCUT2D eigenvalue weighted by molar-refractivity contribution is 0.664. The Morgan fingerprint density at radius 2 is 0.759 bits per heavy atom. The van der Waals surface area contributed by atoms with Crippen molar-refractivity contribution < 1.29 is 8.83 Å². The molecule has 0 aliphatic heterocycles. The van der Waals surface area contributed by atoms with Crippen LogP contribution in [0.3, 0.4) is 0 Å². The highest BCUT2D eigenvalue weighted by Crippen LogP contribution is 2.65. The van der Waals surface area contributed by atoms with Gasteiger partial charge in [-0.15, -0.1) is 0 Å². The molecule has 0 unspecified atom stereocenters. The lowest BCUT2D eigenvalue weighted by atomic mass is 9.67. The van der Waals surface area contributed by atoms with Gasteiger partial charge in [0, 0.05) is 33.0 Å². The van der Waals surface area contributed by atoms with Gasteiger partial charge in [0.05, 0.1) is 27.6 Å². The van der Waals surface area contributed by atoms with Gasteiger partial charge in [-0.2, -0.15) is 0 Å². The molecular formula is C80H49NO2. The molecule has 3 aliphatic carbocycles. The van der Waals surface area contributed by atoms with Crippen molar-refractivity contribution in [2.24, 2.45) is 0 Å². The number of hydrogen-bond acceptors (Lipinski definition) is 3. The summed E-state index contributed by atoms with van der Waals surface area (Å²) < 4.78 is 14.7. The van der Waals surface area contributed by atoms with Crippen LogP contribution in [0.15, 0.2) is 306 Å². The monoisotopic (exact) mass is 1060 g/mol. The topological polar surface area (TPSA) is 29.5 Å². The van der Waals surface area contributed by atoms with Crippen LogP contribution in [-0.2, 0) is 10.8 Å². The average Bonchev–Trinajstić information content (AvgIpc) is 1.60. The smallest absolute Gasteiger partial charge is 0.144 e. The number of nitrogens with zero attached hydrogens (tertiary/aromatic N) is 1. The van der Waals surface area contributed by atoms with E-state index in [1.807, 2.05) is 0 Å². The first-order valence-corrected chi connectivity index (χ1v) is 28.7. The molecule has 2 heterocycles. The first kappa shape index (κ1) is 46.1. The molecule has 13 aromatic carbocycles.